The second kappa shape index (κ2) is 6.27. The van der Waals surface area contributed by atoms with Crippen LogP contribution in [0.4, 0.5) is 0 Å². The van der Waals surface area contributed by atoms with Crippen LogP contribution in [0, 0.1) is 0 Å². The molecule has 1 aromatic rings. The highest BCUT2D eigenvalue weighted by molar-refractivity contribution is 7.79. The van der Waals surface area contributed by atoms with Crippen molar-refractivity contribution < 1.29 is 0 Å². The van der Waals surface area contributed by atoms with Gasteiger partial charge in [-0.1, -0.05) is 52.5 Å². The Labute approximate surface area is 131 Å². The van der Waals surface area contributed by atoms with E-state index in [1.807, 2.05) is 0 Å². The first kappa shape index (κ1) is 17.2. The van der Waals surface area contributed by atoms with Crippen LogP contribution in [0.5, 0.6) is 0 Å². The minimum Gasteiger partial charge on any atom is -0.175 e. The second-order valence-corrected chi connectivity index (χ2v) is 13.7. The molecule has 0 N–H and O–H groups in total. The van der Waals surface area contributed by atoms with Crippen LogP contribution < -0.4 is 0 Å². The van der Waals surface area contributed by atoms with E-state index in [0.29, 0.717) is 0 Å². The lowest BCUT2D eigenvalue weighted by Crippen LogP contribution is -2.26. The summed E-state index contributed by atoms with van der Waals surface area (Å²) in [5.41, 5.74) is 5.91. The molecule has 0 saturated heterocycles. The summed E-state index contributed by atoms with van der Waals surface area (Å²) < 4.78 is 0. The van der Waals surface area contributed by atoms with E-state index in [2.05, 4.69) is 77.8 Å². The molecule has 0 saturated carbocycles. The largest absolute Gasteiger partial charge is 0.175 e. The van der Waals surface area contributed by atoms with Crippen molar-refractivity contribution in [3.05, 3.63) is 34.4 Å². The summed E-state index contributed by atoms with van der Waals surface area (Å²) >= 11 is 9.10. The Hall–Kier alpha value is 0.137. The van der Waals surface area contributed by atoms with Gasteiger partial charge in [-0.05, 0) is 33.7 Å². The molecule has 3 heteroatoms. The number of rotatable bonds is 4. The maximum absolute atomic E-state index is 4.55. The van der Waals surface area contributed by atoms with Crippen molar-refractivity contribution in [1.82, 2.24) is 0 Å². The number of thiol groups is 2. The average molecular weight is 313 g/mol. The van der Waals surface area contributed by atoms with Crippen LogP contribution in [-0.2, 0) is 23.0 Å². The Kier molecular flexibility index (Phi) is 5.68. The van der Waals surface area contributed by atoms with Gasteiger partial charge in [-0.3, -0.25) is 0 Å². The van der Waals surface area contributed by atoms with E-state index in [4.69, 9.17) is 0 Å². The Morgan fingerprint density at radius 1 is 0.947 bits per heavy atom. The fourth-order valence-corrected chi connectivity index (χ4v) is 4.35. The molecule has 0 fully saturated rings. The lowest BCUT2D eigenvalue weighted by molar-refractivity contribution is 0.588. The first-order chi connectivity index (χ1) is 8.58. The van der Waals surface area contributed by atoms with Crippen molar-refractivity contribution in [2.45, 2.75) is 63.4 Å². The molecule has 0 unspecified atom stereocenters. The summed E-state index contributed by atoms with van der Waals surface area (Å²) in [5.74, 6) is 1.65. The molecule has 0 aliphatic carbocycles. The molecule has 19 heavy (non-hydrogen) atoms. The molecule has 0 heterocycles. The van der Waals surface area contributed by atoms with Crippen molar-refractivity contribution in [2.24, 2.45) is 0 Å². The summed E-state index contributed by atoms with van der Waals surface area (Å²) in [4.78, 5) is 0. The monoisotopic (exact) mass is 312 g/mol. The zero-order chi connectivity index (χ0) is 14.8. The van der Waals surface area contributed by atoms with E-state index < -0.39 is 8.07 Å². The van der Waals surface area contributed by atoms with Crippen LogP contribution >= 0.6 is 25.3 Å². The van der Waals surface area contributed by atoms with Crippen LogP contribution in [0.3, 0.4) is 0 Å². The minimum atomic E-state index is -1.12. The van der Waals surface area contributed by atoms with Crippen molar-refractivity contribution in [3.8, 4) is 0 Å². The first-order valence-corrected chi connectivity index (χ1v) is 11.9. The van der Waals surface area contributed by atoms with Crippen LogP contribution in [0.1, 0.15) is 43.0 Å². The molecule has 0 bridgehead atoms. The smallest absolute Gasteiger partial charge is 0.0487 e. The molecule has 1 aromatic carbocycles. The van der Waals surface area contributed by atoms with Crippen LogP contribution in [0.25, 0.3) is 0 Å². The third-order valence-electron chi connectivity index (χ3n) is 3.35. The Morgan fingerprint density at radius 3 is 1.63 bits per heavy atom. The van der Waals surface area contributed by atoms with E-state index in [1.54, 1.807) is 0 Å². The van der Waals surface area contributed by atoms with Gasteiger partial charge in [0, 0.05) is 19.6 Å². The molecule has 0 atom stereocenters. The highest BCUT2D eigenvalue weighted by Crippen LogP contribution is 2.30. The van der Waals surface area contributed by atoms with Gasteiger partial charge in [-0.2, -0.15) is 25.3 Å². The third kappa shape index (κ3) is 4.87. The molecule has 108 valence electrons. The van der Waals surface area contributed by atoms with Gasteiger partial charge in [0.15, 0.2) is 0 Å². The molecule has 0 amide bonds. The predicted octanol–water partition coefficient (Wildman–Crippen LogP) is 5.26. The number of hydrogen-bond donors (Lipinski definition) is 2. The van der Waals surface area contributed by atoms with Gasteiger partial charge in [0.2, 0.25) is 0 Å². The summed E-state index contributed by atoms with van der Waals surface area (Å²) in [6.45, 7) is 14.1. The molecule has 0 aromatic heterocycles. The van der Waals surface area contributed by atoms with Gasteiger partial charge in [0.25, 0.3) is 0 Å². The van der Waals surface area contributed by atoms with Gasteiger partial charge < -0.3 is 0 Å². The van der Waals surface area contributed by atoms with Crippen molar-refractivity contribution >= 4 is 33.3 Å². The molecule has 1 rings (SSSR count). The van der Waals surface area contributed by atoms with Gasteiger partial charge in [0.1, 0.15) is 0 Å². The highest BCUT2D eigenvalue weighted by Gasteiger charge is 2.22. The molecular weight excluding hydrogens is 284 g/mol. The zero-order valence-corrected chi connectivity index (χ0v) is 16.0. The van der Waals surface area contributed by atoms with E-state index in [1.165, 1.54) is 28.3 Å². The second-order valence-electron chi connectivity index (χ2n) is 7.58. The van der Waals surface area contributed by atoms with E-state index in [0.717, 1.165) is 11.5 Å². The topological polar surface area (TPSA) is 0 Å². The zero-order valence-electron chi connectivity index (χ0n) is 13.2. The normalized spacial score (nSPS) is 12.8. The fourth-order valence-electron chi connectivity index (χ4n) is 2.27. The SMILES string of the molecule is CC(C)(C)c1cc(CS)c(C[Si](C)(C)C)c(CS)c1. The van der Waals surface area contributed by atoms with Gasteiger partial charge in [-0.15, -0.1) is 0 Å². The van der Waals surface area contributed by atoms with E-state index >= 15 is 0 Å². The summed E-state index contributed by atoms with van der Waals surface area (Å²) in [7, 11) is -1.12. The van der Waals surface area contributed by atoms with Crippen molar-refractivity contribution in [1.29, 1.82) is 0 Å². The minimum absolute atomic E-state index is 0.188. The molecule has 0 radical (unpaired) electrons. The third-order valence-corrected chi connectivity index (χ3v) is 5.44. The van der Waals surface area contributed by atoms with E-state index in [9.17, 15) is 0 Å². The molecule has 0 spiro atoms. The maximum Gasteiger partial charge on any atom is 0.0487 e. The molecule has 0 nitrogen and oxygen atoms in total. The quantitative estimate of drug-likeness (QED) is 0.549. The van der Waals surface area contributed by atoms with Crippen LogP contribution in [-0.4, -0.2) is 8.07 Å². The van der Waals surface area contributed by atoms with Gasteiger partial charge in [-0.25, -0.2) is 0 Å². The van der Waals surface area contributed by atoms with Gasteiger partial charge in [0.05, 0.1) is 0 Å². The Morgan fingerprint density at radius 2 is 1.37 bits per heavy atom. The number of hydrogen-bond acceptors (Lipinski definition) is 2. The fraction of sp³-hybridized carbons (Fsp3) is 0.625. The highest BCUT2D eigenvalue weighted by atomic mass is 32.1. The predicted molar refractivity (Wildman–Crippen MR) is 97.6 cm³/mol. The maximum atomic E-state index is 4.55. The Balaban J connectivity index is 3.38. The summed E-state index contributed by atoms with van der Waals surface area (Å²) in [5, 5.41) is 0. The van der Waals surface area contributed by atoms with Crippen LogP contribution in [0.15, 0.2) is 12.1 Å². The van der Waals surface area contributed by atoms with Crippen LogP contribution in [0.2, 0.25) is 19.6 Å². The lowest BCUT2D eigenvalue weighted by Gasteiger charge is -2.26. The van der Waals surface area contributed by atoms with Crippen molar-refractivity contribution in [3.63, 3.8) is 0 Å². The lowest BCUT2D eigenvalue weighted by atomic mass is 9.84. The van der Waals surface area contributed by atoms with E-state index in [-0.39, 0.29) is 5.41 Å². The molecular formula is C16H28S2Si. The number of benzene rings is 1. The van der Waals surface area contributed by atoms with Gasteiger partial charge >= 0.3 is 0 Å². The summed E-state index contributed by atoms with van der Waals surface area (Å²) in [6.07, 6.45) is 0. The standard InChI is InChI=1S/C16H28S2Si/c1-16(2,3)14-7-12(9-17)15(11-19(4,5)6)13(8-14)10-18/h7-8,17-18H,9-11H2,1-6H3. The average Bonchev–Trinajstić information content (AvgIpc) is 2.25. The molecule has 0 aliphatic rings. The summed E-state index contributed by atoms with van der Waals surface area (Å²) in [6, 6.07) is 5.94. The first-order valence-electron chi connectivity index (χ1n) is 6.95. The Bertz CT molecular complexity index is 414. The van der Waals surface area contributed by atoms with Crippen molar-refractivity contribution in [2.75, 3.05) is 0 Å². The molecule has 0 aliphatic heterocycles.